The molecule has 146 valence electrons. The van der Waals surface area contributed by atoms with Crippen LogP contribution >= 0.6 is 0 Å². The highest BCUT2D eigenvalue weighted by molar-refractivity contribution is 5.89. The van der Waals surface area contributed by atoms with Crippen molar-refractivity contribution in [2.24, 2.45) is 0 Å². The molecule has 0 fully saturated rings. The van der Waals surface area contributed by atoms with E-state index in [0.29, 0.717) is 18.2 Å². The van der Waals surface area contributed by atoms with Gasteiger partial charge in [0.2, 0.25) is 0 Å². The zero-order chi connectivity index (χ0) is 20.1. The molecule has 0 aliphatic heterocycles. The van der Waals surface area contributed by atoms with Crippen molar-refractivity contribution in [3.8, 4) is 5.82 Å². The van der Waals surface area contributed by atoms with E-state index in [1.165, 1.54) is 6.33 Å². The summed E-state index contributed by atoms with van der Waals surface area (Å²) in [6, 6.07) is 5.87. The van der Waals surface area contributed by atoms with E-state index in [1.807, 2.05) is 19.9 Å². The van der Waals surface area contributed by atoms with Crippen LogP contribution < -0.4 is 16.0 Å². The Morgan fingerprint density at radius 2 is 1.93 bits per heavy atom. The van der Waals surface area contributed by atoms with Crippen molar-refractivity contribution in [1.29, 1.82) is 0 Å². The summed E-state index contributed by atoms with van der Waals surface area (Å²) in [5, 5.41) is 12.2. The number of carbonyl (C=O) groups is 1. The van der Waals surface area contributed by atoms with Gasteiger partial charge in [-0.25, -0.2) is 28.2 Å². The van der Waals surface area contributed by atoms with Crippen molar-refractivity contribution in [3.05, 3.63) is 59.7 Å². The Labute approximate surface area is 160 Å². The first-order valence-corrected chi connectivity index (χ1v) is 8.52. The van der Waals surface area contributed by atoms with E-state index in [0.717, 1.165) is 29.6 Å². The fourth-order valence-corrected chi connectivity index (χ4v) is 2.55. The maximum absolute atomic E-state index is 13.5. The number of carbonyl (C=O) groups excluding carboxylic acids is 1. The summed E-state index contributed by atoms with van der Waals surface area (Å²) in [6.45, 7) is 4.43. The Hall–Kier alpha value is -3.56. The first-order chi connectivity index (χ1) is 13.4. The number of anilines is 2. The third-order valence-electron chi connectivity index (χ3n) is 3.77. The smallest absolute Gasteiger partial charge is 0.319 e. The van der Waals surface area contributed by atoms with Gasteiger partial charge in [0.1, 0.15) is 23.8 Å². The fourth-order valence-electron chi connectivity index (χ4n) is 2.55. The van der Waals surface area contributed by atoms with Gasteiger partial charge in [0.25, 0.3) is 0 Å². The number of hydrogen-bond acceptors (Lipinski definition) is 5. The summed E-state index contributed by atoms with van der Waals surface area (Å²) < 4.78 is 28.3. The molecule has 2 heterocycles. The Balaban J connectivity index is 1.50. The minimum Gasteiger partial charge on any atom is -0.368 e. The summed E-state index contributed by atoms with van der Waals surface area (Å²) in [4.78, 5) is 20.1. The van der Waals surface area contributed by atoms with Gasteiger partial charge in [-0.2, -0.15) is 5.10 Å². The molecular formula is C18H19F2N7O. The Bertz CT molecular complexity index is 990. The molecule has 3 N–H and O–H groups in total. The topological polar surface area (TPSA) is 96.8 Å². The standard InChI is InChI=1S/C18H19F2N7O/c1-11-7-12(2)27(26-11)17-9-16(23-10-24-17)21-5-6-22-18(28)25-15-8-13(19)3-4-14(15)20/h3-4,7-10H,5-6H2,1-2H3,(H,21,23,24)(H2,22,25,28). The molecule has 3 rings (SSSR count). The molecule has 2 aromatic heterocycles. The van der Waals surface area contributed by atoms with E-state index in [1.54, 1.807) is 10.7 Å². The van der Waals surface area contributed by atoms with Crippen molar-refractivity contribution in [2.45, 2.75) is 13.8 Å². The molecule has 0 saturated heterocycles. The Kier molecular flexibility index (Phi) is 5.78. The lowest BCUT2D eigenvalue weighted by Gasteiger charge is -2.10. The van der Waals surface area contributed by atoms with E-state index in [4.69, 9.17) is 0 Å². The number of benzene rings is 1. The van der Waals surface area contributed by atoms with Crippen LogP contribution in [0.1, 0.15) is 11.4 Å². The number of amides is 2. The molecule has 0 atom stereocenters. The highest BCUT2D eigenvalue weighted by atomic mass is 19.1. The van der Waals surface area contributed by atoms with E-state index in [-0.39, 0.29) is 12.2 Å². The molecule has 0 aliphatic rings. The van der Waals surface area contributed by atoms with E-state index in [9.17, 15) is 13.6 Å². The molecule has 0 radical (unpaired) electrons. The number of halogens is 2. The summed E-state index contributed by atoms with van der Waals surface area (Å²) >= 11 is 0. The van der Waals surface area contributed by atoms with Gasteiger partial charge in [-0.05, 0) is 32.0 Å². The largest absolute Gasteiger partial charge is 0.368 e. The van der Waals surface area contributed by atoms with Crippen LogP contribution in [0.25, 0.3) is 5.82 Å². The molecular weight excluding hydrogens is 368 g/mol. The predicted octanol–water partition coefficient (Wildman–Crippen LogP) is 2.79. The van der Waals surface area contributed by atoms with Crippen LogP contribution in [0.5, 0.6) is 0 Å². The monoisotopic (exact) mass is 387 g/mol. The maximum Gasteiger partial charge on any atom is 0.319 e. The normalized spacial score (nSPS) is 10.6. The van der Waals surface area contributed by atoms with Gasteiger partial charge in [-0.1, -0.05) is 0 Å². The number of nitrogens with zero attached hydrogens (tertiary/aromatic N) is 4. The lowest BCUT2D eigenvalue weighted by Crippen LogP contribution is -2.33. The third-order valence-corrected chi connectivity index (χ3v) is 3.77. The lowest BCUT2D eigenvalue weighted by molar-refractivity contribution is 0.252. The summed E-state index contributed by atoms with van der Waals surface area (Å²) in [7, 11) is 0. The first-order valence-electron chi connectivity index (χ1n) is 8.52. The molecule has 28 heavy (non-hydrogen) atoms. The Morgan fingerprint density at radius 3 is 2.68 bits per heavy atom. The molecule has 8 nitrogen and oxygen atoms in total. The zero-order valence-electron chi connectivity index (χ0n) is 15.3. The van der Waals surface area contributed by atoms with Crippen LogP contribution in [0.3, 0.4) is 0 Å². The predicted molar refractivity (Wildman–Crippen MR) is 100 cm³/mol. The molecule has 0 aliphatic carbocycles. The molecule has 2 amide bonds. The SMILES string of the molecule is Cc1cc(C)n(-c2cc(NCCNC(=O)Nc3cc(F)ccc3F)ncn2)n1. The van der Waals surface area contributed by atoms with Crippen LogP contribution in [0.15, 0.2) is 36.7 Å². The zero-order valence-corrected chi connectivity index (χ0v) is 15.3. The quantitative estimate of drug-likeness (QED) is 0.565. The van der Waals surface area contributed by atoms with Crippen molar-refractivity contribution in [2.75, 3.05) is 23.7 Å². The van der Waals surface area contributed by atoms with E-state index >= 15 is 0 Å². The molecule has 0 spiro atoms. The van der Waals surface area contributed by atoms with Gasteiger partial charge >= 0.3 is 6.03 Å². The molecule has 3 aromatic rings. The average Bonchev–Trinajstić information content (AvgIpc) is 3.00. The van der Waals surface area contributed by atoms with Crippen LogP contribution in [0, 0.1) is 25.5 Å². The number of rotatable bonds is 6. The van der Waals surface area contributed by atoms with Crippen molar-refractivity contribution >= 4 is 17.5 Å². The minimum absolute atomic E-state index is 0.226. The second-order valence-corrected chi connectivity index (χ2v) is 6.03. The third kappa shape index (κ3) is 4.78. The van der Waals surface area contributed by atoms with Gasteiger partial charge in [0.05, 0.1) is 11.4 Å². The first kappa shape index (κ1) is 19.2. The highest BCUT2D eigenvalue weighted by Gasteiger charge is 2.08. The molecule has 10 heteroatoms. The maximum atomic E-state index is 13.5. The summed E-state index contributed by atoms with van der Waals surface area (Å²) in [6.07, 6.45) is 1.42. The van der Waals surface area contributed by atoms with Crippen LogP contribution in [0.4, 0.5) is 25.1 Å². The van der Waals surface area contributed by atoms with Crippen LogP contribution in [-0.4, -0.2) is 38.9 Å². The second kappa shape index (κ2) is 8.42. The number of aryl methyl sites for hydroxylation is 2. The summed E-state index contributed by atoms with van der Waals surface area (Å²) in [5.74, 6) is -0.167. The van der Waals surface area contributed by atoms with Gasteiger partial charge < -0.3 is 16.0 Å². The van der Waals surface area contributed by atoms with Crippen molar-refractivity contribution in [3.63, 3.8) is 0 Å². The lowest BCUT2D eigenvalue weighted by atomic mass is 10.3. The second-order valence-electron chi connectivity index (χ2n) is 6.03. The molecule has 1 aromatic carbocycles. The van der Waals surface area contributed by atoms with Gasteiger partial charge in [-0.3, -0.25) is 0 Å². The molecule has 0 bridgehead atoms. The highest BCUT2D eigenvalue weighted by Crippen LogP contribution is 2.15. The number of urea groups is 1. The van der Waals surface area contributed by atoms with Gasteiger partial charge in [-0.15, -0.1) is 0 Å². The number of nitrogens with one attached hydrogen (secondary N) is 3. The number of hydrogen-bond donors (Lipinski definition) is 3. The van der Waals surface area contributed by atoms with Crippen LogP contribution in [-0.2, 0) is 0 Å². The minimum atomic E-state index is -0.715. The fraction of sp³-hybridized carbons (Fsp3) is 0.222. The molecule has 0 unspecified atom stereocenters. The van der Waals surface area contributed by atoms with Gasteiger partial charge in [0.15, 0.2) is 5.82 Å². The average molecular weight is 387 g/mol. The van der Waals surface area contributed by atoms with Gasteiger partial charge in [0, 0.05) is 30.9 Å². The molecule has 0 saturated carbocycles. The van der Waals surface area contributed by atoms with Crippen molar-refractivity contribution in [1.82, 2.24) is 25.1 Å². The number of aromatic nitrogens is 4. The van der Waals surface area contributed by atoms with Crippen LogP contribution in [0.2, 0.25) is 0 Å². The van der Waals surface area contributed by atoms with E-state index in [2.05, 4.69) is 31.0 Å². The summed E-state index contributed by atoms with van der Waals surface area (Å²) in [5.41, 5.74) is 1.61. The Morgan fingerprint density at radius 1 is 1.11 bits per heavy atom. The van der Waals surface area contributed by atoms with E-state index < -0.39 is 17.7 Å². The van der Waals surface area contributed by atoms with Crippen molar-refractivity contribution < 1.29 is 13.6 Å².